The number of H-pyrrole nitrogens is 1. The number of aromatic amines is 1. The van der Waals surface area contributed by atoms with E-state index < -0.39 is 5.91 Å². The van der Waals surface area contributed by atoms with Crippen LogP contribution in [-0.2, 0) is 17.8 Å². The minimum Gasteiger partial charge on any atom is -0.490 e. The van der Waals surface area contributed by atoms with Crippen LogP contribution in [0.15, 0.2) is 48.8 Å². The minimum atomic E-state index is -0.436. The number of nitrogens with zero attached hydrogens (tertiary/aromatic N) is 6. The molecule has 208 valence electrons. The lowest BCUT2D eigenvalue weighted by Gasteiger charge is -2.34. The van der Waals surface area contributed by atoms with Crippen molar-refractivity contribution >= 4 is 23.8 Å². The number of aryl methyl sites for hydroxylation is 1. The van der Waals surface area contributed by atoms with Gasteiger partial charge in [-0.2, -0.15) is 5.21 Å². The normalized spacial score (nSPS) is 16.2. The molecule has 1 aliphatic carbocycles. The molecule has 0 spiro atoms. The summed E-state index contributed by atoms with van der Waals surface area (Å²) in [6.45, 7) is 3.16. The Morgan fingerprint density at radius 2 is 2.00 bits per heavy atom. The predicted octanol–water partition coefficient (Wildman–Crippen LogP) is 1.79. The Bertz CT molecular complexity index is 1610. The van der Waals surface area contributed by atoms with Gasteiger partial charge in [0.05, 0.1) is 24.3 Å². The second-order valence-corrected chi connectivity index (χ2v) is 9.91. The van der Waals surface area contributed by atoms with Gasteiger partial charge in [-0.05, 0) is 59.9 Å². The summed E-state index contributed by atoms with van der Waals surface area (Å²) in [5, 5.41) is 20.0. The monoisotopic (exact) mass is 553 g/mol. The molecule has 13 heteroatoms. The molecule has 0 fully saturated rings. The number of carbonyl (C=O) groups is 3. The van der Waals surface area contributed by atoms with E-state index in [1.54, 1.807) is 0 Å². The maximum atomic E-state index is 13.1. The van der Waals surface area contributed by atoms with Gasteiger partial charge in [-0.25, -0.2) is 9.97 Å². The van der Waals surface area contributed by atoms with Gasteiger partial charge < -0.3 is 25.1 Å². The first-order valence-corrected chi connectivity index (χ1v) is 13.3. The van der Waals surface area contributed by atoms with Crippen molar-refractivity contribution in [3.8, 4) is 17.1 Å². The highest BCUT2D eigenvalue weighted by atomic mass is 16.5. The molecule has 2 aromatic carbocycles. The molecular weight excluding hydrogens is 526 g/mol. The lowest BCUT2D eigenvalue weighted by molar-refractivity contribution is -0.108. The molecule has 1 unspecified atom stereocenters. The van der Waals surface area contributed by atoms with Gasteiger partial charge in [-0.1, -0.05) is 18.2 Å². The van der Waals surface area contributed by atoms with Gasteiger partial charge in [0, 0.05) is 18.2 Å². The largest absolute Gasteiger partial charge is 0.490 e. The van der Waals surface area contributed by atoms with Crippen molar-refractivity contribution in [1.82, 2.24) is 41.2 Å². The minimum absolute atomic E-state index is 0.0826. The Balaban J connectivity index is 1.10. The van der Waals surface area contributed by atoms with Crippen molar-refractivity contribution in [3.63, 3.8) is 0 Å². The maximum Gasteiger partial charge on any atom is 0.270 e. The van der Waals surface area contributed by atoms with E-state index in [9.17, 15) is 14.4 Å². The maximum absolute atomic E-state index is 13.1. The van der Waals surface area contributed by atoms with Crippen LogP contribution in [0.4, 0.5) is 5.69 Å². The van der Waals surface area contributed by atoms with Gasteiger partial charge in [0.15, 0.2) is 0 Å². The number of fused-ring (bicyclic) bond motifs is 2. The van der Waals surface area contributed by atoms with E-state index in [2.05, 4.69) is 41.2 Å². The molecule has 0 saturated carbocycles. The molecule has 2 amide bonds. The number of carbonyl (C=O) groups excluding carboxylic acids is 3. The van der Waals surface area contributed by atoms with Crippen molar-refractivity contribution < 1.29 is 19.1 Å². The molecule has 13 nitrogen and oxygen atoms in total. The second-order valence-electron chi connectivity index (χ2n) is 9.91. The van der Waals surface area contributed by atoms with Crippen LogP contribution in [0.3, 0.4) is 0 Å². The van der Waals surface area contributed by atoms with Crippen LogP contribution in [-0.4, -0.2) is 67.9 Å². The van der Waals surface area contributed by atoms with Crippen LogP contribution in [0.1, 0.15) is 57.1 Å². The second kappa shape index (κ2) is 11.1. The topological polar surface area (TPSA) is 168 Å². The Morgan fingerprint density at radius 1 is 1.15 bits per heavy atom. The molecule has 0 saturated heterocycles. The summed E-state index contributed by atoms with van der Waals surface area (Å²) in [7, 11) is 0. The Morgan fingerprint density at radius 3 is 2.80 bits per heavy atom. The first-order chi connectivity index (χ1) is 20.0. The molecule has 0 radical (unpaired) electrons. The molecule has 4 aromatic rings. The number of anilines is 1. The Hall–Kier alpha value is -5.20. The molecule has 1 aliphatic heterocycles. The Labute approximate surface area is 234 Å². The molecule has 0 bridgehead atoms. The van der Waals surface area contributed by atoms with Crippen LogP contribution in [0.25, 0.3) is 11.4 Å². The summed E-state index contributed by atoms with van der Waals surface area (Å²) in [4.78, 5) is 47.5. The van der Waals surface area contributed by atoms with Crippen molar-refractivity contribution in [2.45, 2.75) is 38.4 Å². The highest BCUT2D eigenvalue weighted by Crippen LogP contribution is 2.34. The standard InChI is InChI=1S/C28H27N9O4/c1-16(14-38)37-8-9-41-25-7-2-17(10-24(25)37)13-29-27(39)22-12-23(31-15-30-22)28(40)32-21-6-4-18-11-19(3-5-20(18)21)26-33-35-36-34-26/h2-3,5,7,10-12,14-16,21H,4,6,8-9,13H2,1H3,(H,29,39)(H,32,40)(H,33,34,35,36)/t16?,21-/m0/s1. The van der Waals surface area contributed by atoms with E-state index >= 15 is 0 Å². The van der Waals surface area contributed by atoms with Crippen molar-refractivity contribution in [1.29, 1.82) is 0 Å². The molecule has 2 atom stereocenters. The summed E-state index contributed by atoms with van der Waals surface area (Å²) < 4.78 is 5.71. The predicted molar refractivity (Wildman–Crippen MR) is 146 cm³/mol. The fourth-order valence-electron chi connectivity index (χ4n) is 5.19. The van der Waals surface area contributed by atoms with E-state index in [0.29, 0.717) is 24.7 Å². The summed E-state index contributed by atoms with van der Waals surface area (Å²) in [5.41, 5.74) is 4.81. The summed E-state index contributed by atoms with van der Waals surface area (Å²) in [6.07, 6.45) is 3.64. The van der Waals surface area contributed by atoms with Gasteiger partial charge in [0.25, 0.3) is 11.8 Å². The number of rotatable bonds is 8. The van der Waals surface area contributed by atoms with Gasteiger partial charge in [0.1, 0.15) is 36.4 Å². The van der Waals surface area contributed by atoms with Gasteiger partial charge in [0.2, 0.25) is 5.82 Å². The summed E-state index contributed by atoms with van der Waals surface area (Å²) >= 11 is 0. The fourth-order valence-corrected chi connectivity index (χ4v) is 5.19. The zero-order valence-electron chi connectivity index (χ0n) is 22.2. The van der Waals surface area contributed by atoms with Crippen LogP contribution in [0.5, 0.6) is 5.75 Å². The number of amides is 2. The number of tetrazole rings is 1. The molecule has 6 rings (SSSR count). The molecule has 41 heavy (non-hydrogen) atoms. The van der Waals surface area contributed by atoms with Crippen LogP contribution in [0.2, 0.25) is 0 Å². The molecule has 2 aliphatic rings. The average molecular weight is 554 g/mol. The van der Waals surface area contributed by atoms with Crippen molar-refractivity contribution in [3.05, 3.63) is 76.9 Å². The fraction of sp³-hybridized carbons (Fsp3) is 0.286. The zero-order chi connectivity index (χ0) is 28.3. The third-order valence-electron chi connectivity index (χ3n) is 7.33. The lowest BCUT2D eigenvalue weighted by Crippen LogP contribution is -2.40. The van der Waals surface area contributed by atoms with E-state index in [4.69, 9.17) is 4.74 Å². The van der Waals surface area contributed by atoms with E-state index in [-0.39, 0.29) is 35.9 Å². The lowest BCUT2D eigenvalue weighted by atomic mass is 10.0. The molecular formula is C28H27N9O4. The number of nitrogens with one attached hydrogen (secondary N) is 3. The number of aldehydes is 1. The summed E-state index contributed by atoms with van der Waals surface area (Å²) in [5.74, 6) is 0.389. The first kappa shape index (κ1) is 26.0. The number of aromatic nitrogens is 6. The number of ether oxygens (including phenoxy) is 1. The third-order valence-corrected chi connectivity index (χ3v) is 7.33. The van der Waals surface area contributed by atoms with Crippen LogP contribution < -0.4 is 20.3 Å². The number of hydrogen-bond donors (Lipinski definition) is 3. The highest BCUT2D eigenvalue weighted by molar-refractivity contribution is 5.97. The van der Waals surface area contributed by atoms with Crippen LogP contribution in [0, 0.1) is 0 Å². The summed E-state index contributed by atoms with van der Waals surface area (Å²) in [6, 6.07) is 12.4. The highest BCUT2D eigenvalue weighted by Gasteiger charge is 2.26. The zero-order valence-corrected chi connectivity index (χ0v) is 22.2. The van der Waals surface area contributed by atoms with E-state index in [0.717, 1.165) is 47.1 Å². The quantitative estimate of drug-likeness (QED) is 0.274. The van der Waals surface area contributed by atoms with E-state index in [1.807, 2.05) is 48.2 Å². The molecule has 3 N–H and O–H groups in total. The molecule has 2 aromatic heterocycles. The number of benzene rings is 2. The van der Waals surface area contributed by atoms with Crippen molar-refractivity contribution in [2.24, 2.45) is 0 Å². The smallest absolute Gasteiger partial charge is 0.270 e. The average Bonchev–Trinajstić information content (AvgIpc) is 3.69. The number of hydrogen-bond acceptors (Lipinski definition) is 10. The van der Waals surface area contributed by atoms with Gasteiger partial charge >= 0.3 is 0 Å². The SMILES string of the molecule is CC(C=O)N1CCOc2ccc(CNC(=O)c3cc(C(=O)N[C@H]4CCc5cc(-c6nn[nH]n6)ccc54)ncn3)cc21. The van der Waals surface area contributed by atoms with Gasteiger partial charge in [-0.3, -0.25) is 9.59 Å². The molecule has 3 heterocycles. The Kier molecular flexibility index (Phi) is 7.06. The van der Waals surface area contributed by atoms with E-state index in [1.165, 1.54) is 12.4 Å². The first-order valence-electron chi connectivity index (χ1n) is 13.3. The third kappa shape index (κ3) is 5.33. The van der Waals surface area contributed by atoms with Crippen LogP contribution >= 0.6 is 0 Å². The van der Waals surface area contributed by atoms with Crippen molar-refractivity contribution in [2.75, 3.05) is 18.1 Å². The van der Waals surface area contributed by atoms with Gasteiger partial charge in [-0.15, -0.1) is 10.2 Å².